The maximum absolute atomic E-state index is 12.6. The van der Waals surface area contributed by atoms with Crippen molar-refractivity contribution in [3.05, 3.63) is 98.4 Å². The molecule has 0 atom stereocenters. The molecule has 0 saturated heterocycles. The van der Waals surface area contributed by atoms with Crippen LogP contribution in [0.5, 0.6) is 0 Å². The molecule has 0 N–H and O–H groups in total. The standard InChI is InChI=1S/C21H22ClF3N2O2/c1-6-16(10-9-15(4)21(23,24)25)18-12-19(28)27(20(29)26(18)5)13-14(3)8-11-17(22)7-2/h6-12H,3-4,13H2,1-2,5H3/b10-9-,11-8-,16-6+,17-7+. The van der Waals surface area contributed by atoms with E-state index in [0.717, 1.165) is 16.7 Å². The van der Waals surface area contributed by atoms with Gasteiger partial charge in [0.25, 0.3) is 5.56 Å². The maximum atomic E-state index is 12.6. The minimum absolute atomic E-state index is 0.0535. The van der Waals surface area contributed by atoms with E-state index in [4.69, 9.17) is 11.6 Å². The van der Waals surface area contributed by atoms with E-state index in [0.29, 0.717) is 10.6 Å². The Kier molecular flexibility index (Phi) is 8.45. The summed E-state index contributed by atoms with van der Waals surface area (Å²) in [6.07, 6.45) is 3.74. The molecule has 0 spiro atoms. The third-order valence-electron chi connectivity index (χ3n) is 3.96. The first-order valence-corrected chi connectivity index (χ1v) is 8.89. The molecule has 156 valence electrons. The third kappa shape index (κ3) is 6.64. The van der Waals surface area contributed by atoms with Gasteiger partial charge in [0.15, 0.2) is 0 Å². The zero-order valence-corrected chi connectivity index (χ0v) is 17.1. The summed E-state index contributed by atoms with van der Waals surface area (Å²) >= 11 is 5.86. The van der Waals surface area contributed by atoms with Crippen molar-refractivity contribution in [1.82, 2.24) is 9.13 Å². The summed E-state index contributed by atoms with van der Waals surface area (Å²) in [7, 11) is 1.43. The largest absolute Gasteiger partial charge is 0.415 e. The van der Waals surface area contributed by atoms with Crippen molar-refractivity contribution in [3.63, 3.8) is 0 Å². The van der Waals surface area contributed by atoms with Crippen LogP contribution in [0.2, 0.25) is 0 Å². The topological polar surface area (TPSA) is 44.0 Å². The quantitative estimate of drug-likeness (QED) is 0.583. The normalized spacial score (nSPS) is 13.5. The summed E-state index contributed by atoms with van der Waals surface area (Å²) in [5.41, 5.74) is -1.33. The van der Waals surface area contributed by atoms with Gasteiger partial charge in [-0.25, -0.2) is 4.79 Å². The van der Waals surface area contributed by atoms with Gasteiger partial charge in [-0.2, -0.15) is 13.2 Å². The molecule has 0 aliphatic carbocycles. The zero-order valence-electron chi connectivity index (χ0n) is 16.4. The van der Waals surface area contributed by atoms with Crippen LogP contribution in [-0.2, 0) is 13.6 Å². The van der Waals surface area contributed by atoms with Gasteiger partial charge in [-0.15, -0.1) is 0 Å². The minimum Gasteiger partial charge on any atom is -0.296 e. The molecule has 0 unspecified atom stereocenters. The summed E-state index contributed by atoms with van der Waals surface area (Å²) in [5.74, 6) is 0. The maximum Gasteiger partial charge on any atom is 0.415 e. The molecule has 1 aromatic heterocycles. The molecule has 0 aliphatic rings. The predicted molar refractivity (Wildman–Crippen MR) is 112 cm³/mol. The van der Waals surface area contributed by atoms with Crippen LogP contribution in [0.4, 0.5) is 13.2 Å². The van der Waals surface area contributed by atoms with Gasteiger partial charge in [-0.3, -0.25) is 13.9 Å². The molecule has 0 bridgehead atoms. The Bertz CT molecular complexity index is 1040. The lowest BCUT2D eigenvalue weighted by molar-refractivity contribution is -0.0878. The monoisotopic (exact) mass is 426 g/mol. The van der Waals surface area contributed by atoms with Crippen molar-refractivity contribution in [2.75, 3.05) is 0 Å². The second-order valence-corrected chi connectivity index (χ2v) is 6.50. The third-order valence-corrected chi connectivity index (χ3v) is 4.30. The highest BCUT2D eigenvalue weighted by Gasteiger charge is 2.29. The minimum atomic E-state index is -4.56. The average molecular weight is 427 g/mol. The number of rotatable bonds is 7. The van der Waals surface area contributed by atoms with Crippen molar-refractivity contribution >= 4 is 17.2 Å². The van der Waals surface area contributed by atoms with Crippen molar-refractivity contribution < 1.29 is 13.2 Å². The second kappa shape index (κ2) is 10.1. The highest BCUT2D eigenvalue weighted by Crippen LogP contribution is 2.26. The lowest BCUT2D eigenvalue weighted by atomic mass is 10.1. The molecule has 0 saturated carbocycles. The molecule has 1 aromatic rings. The Morgan fingerprint density at radius 1 is 1.10 bits per heavy atom. The summed E-state index contributed by atoms with van der Waals surface area (Å²) in [6, 6.07) is 1.19. The summed E-state index contributed by atoms with van der Waals surface area (Å²) in [4.78, 5) is 25.1. The fourth-order valence-electron chi connectivity index (χ4n) is 2.26. The van der Waals surface area contributed by atoms with Gasteiger partial charge in [-0.05, 0) is 37.1 Å². The first-order valence-electron chi connectivity index (χ1n) is 8.51. The van der Waals surface area contributed by atoms with Crippen LogP contribution >= 0.6 is 11.6 Å². The first kappa shape index (κ1) is 24.2. The molecule has 4 nitrogen and oxygen atoms in total. The van der Waals surface area contributed by atoms with Gasteiger partial charge in [0.05, 0.1) is 12.2 Å². The fraction of sp³-hybridized carbons (Fsp3) is 0.238. The molecule has 8 heteroatoms. The van der Waals surface area contributed by atoms with Crippen LogP contribution < -0.4 is 11.2 Å². The Morgan fingerprint density at radius 3 is 2.24 bits per heavy atom. The van der Waals surface area contributed by atoms with Gasteiger partial charge in [0.1, 0.15) is 0 Å². The van der Waals surface area contributed by atoms with Gasteiger partial charge in [0.2, 0.25) is 0 Å². The van der Waals surface area contributed by atoms with Crippen LogP contribution in [0.1, 0.15) is 19.5 Å². The van der Waals surface area contributed by atoms with Crippen LogP contribution in [0.25, 0.3) is 5.57 Å². The number of alkyl halides is 3. The summed E-state index contributed by atoms with van der Waals surface area (Å²) in [5, 5.41) is 0.478. The average Bonchev–Trinajstić information content (AvgIpc) is 2.66. The van der Waals surface area contributed by atoms with Crippen LogP contribution in [-0.4, -0.2) is 15.3 Å². The van der Waals surface area contributed by atoms with Crippen molar-refractivity contribution in [2.45, 2.75) is 26.6 Å². The van der Waals surface area contributed by atoms with Crippen LogP contribution in [0, 0.1) is 0 Å². The number of halogens is 4. The van der Waals surface area contributed by atoms with E-state index in [1.165, 1.54) is 23.8 Å². The summed E-state index contributed by atoms with van der Waals surface area (Å²) in [6.45, 7) is 10.0. The Hall–Kier alpha value is -2.80. The van der Waals surface area contributed by atoms with E-state index in [1.54, 1.807) is 32.1 Å². The number of allylic oxidation sites excluding steroid dienone is 10. The molecule has 0 radical (unpaired) electrons. The van der Waals surface area contributed by atoms with Crippen molar-refractivity contribution in [1.29, 1.82) is 0 Å². The highest BCUT2D eigenvalue weighted by molar-refractivity contribution is 6.31. The fourth-order valence-corrected chi connectivity index (χ4v) is 2.32. The highest BCUT2D eigenvalue weighted by atomic mass is 35.5. The Morgan fingerprint density at radius 2 is 1.72 bits per heavy atom. The number of hydrogen-bond donors (Lipinski definition) is 0. The van der Waals surface area contributed by atoms with Gasteiger partial charge >= 0.3 is 11.9 Å². The number of aromatic nitrogens is 2. The molecule has 0 aromatic carbocycles. The van der Waals surface area contributed by atoms with Crippen molar-refractivity contribution in [2.24, 2.45) is 7.05 Å². The number of nitrogens with zero attached hydrogens (tertiary/aromatic N) is 2. The Balaban J connectivity index is 3.29. The van der Waals surface area contributed by atoms with E-state index in [9.17, 15) is 22.8 Å². The molecule has 0 fully saturated rings. The van der Waals surface area contributed by atoms with Gasteiger partial charge in [0, 0.05) is 23.7 Å². The van der Waals surface area contributed by atoms with E-state index < -0.39 is 23.0 Å². The van der Waals surface area contributed by atoms with Gasteiger partial charge in [-0.1, -0.05) is 49.1 Å². The molecule has 1 heterocycles. The number of hydrogen-bond acceptors (Lipinski definition) is 2. The summed E-state index contributed by atoms with van der Waals surface area (Å²) < 4.78 is 40.0. The first-order chi connectivity index (χ1) is 13.4. The van der Waals surface area contributed by atoms with E-state index in [1.807, 2.05) is 0 Å². The van der Waals surface area contributed by atoms with Gasteiger partial charge < -0.3 is 0 Å². The lowest BCUT2D eigenvalue weighted by Gasteiger charge is -2.13. The predicted octanol–water partition coefficient (Wildman–Crippen LogP) is 4.88. The molecular formula is C21H22ClF3N2O2. The molecule has 29 heavy (non-hydrogen) atoms. The molecule has 0 amide bonds. The van der Waals surface area contributed by atoms with E-state index in [2.05, 4.69) is 13.2 Å². The van der Waals surface area contributed by atoms with E-state index >= 15 is 0 Å². The molecule has 0 aliphatic heterocycles. The molecule has 1 rings (SSSR count). The Labute approximate surface area is 171 Å². The SMILES string of the molecule is C=C(/C=C\C(Cl)=C/C)Cn1c(=O)cc(C(/C=C\C(=C)C(F)(F)F)=C/C)n(C)c1=O. The lowest BCUT2D eigenvalue weighted by Crippen LogP contribution is -2.40. The smallest absolute Gasteiger partial charge is 0.296 e. The van der Waals surface area contributed by atoms with Crippen molar-refractivity contribution in [3.8, 4) is 0 Å². The van der Waals surface area contributed by atoms with E-state index in [-0.39, 0.29) is 17.8 Å². The molecular weight excluding hydrogens is 405 g/mol. The van der Waals surface area contributed by atoms with Crippen LogP contribution in [0.15, 0.2) is 81.4 Å². The zero-order chi connectivity index (χ0) is 22.4. The van der Waals surface area contributed by atoms with Crippen LogP contribution in [0.3, 0.4) is 0 Å². The second-order valence-electron chi connectivity index (χ2n) is 6.06.